The minimum atomic E-state index is -0.412. The van der Waals surface area contributed by atoms with Crippen LogP contribution in [-0.2, 0) is 11.3 Å². The average Bonchev–Trinajstić information content (AvgIpc) is 2.52. The van der Waals surface area contributed by atoms with Crippen molar-refractivity contribution in [2.75, 3.05) is 5.73 Å². The van der Waals surface area contributed by atoms with Crippen LogP contribution in [0.1, 0.15) is 12.0 Å². The number of carbonyl (C=O) groups excluding carboxylic acids is 1. The van der Waals surface area contributed by atoms with Crippen LogP contribution in [0.15, 0.2) is 12.1 Å². The van der Waals surface area contributed by atoms with Crippen LogP contribution in [-0.4, -0.2) is 15.5 Å². The first-order valence-electron chi connectivity index (χ1n) is 5.19. The quantitative estimate of drug-likeness (QED) is 0.831. The third-order valence-electron chi connectivity index (χ3n) is 2.64. The van der Waals surface area contributed by atoms with Gasteiger partial charge < -0.3 is 16.0 Å². The van der Waals surface area contributed by atoms with E-state index in [2.05, 4.69) is 4.98 Å². The van der Waals surface area contributed by atoms with E-state index in [0.29, 0.717) is 23.1 Å². The summed E-state index contributed by atoms with van der Waals surface area (Å²) in [5.74, 6) is -0.478. The number of anilines is 1. The summed E-state index contributed by atoms with van der Waals surface area (Å²) in [5, 5.41) is 0. The number of aromatic nitrogens is 2. The van der Waals surface area contributed by atoms with Crippen LogP contribution >= 0.6 is 0 Å². The maximum absolute atomic E-state index is 13.3. The standard InChI is InChI=1S/C11H13FN4O/c1-6-4-9-8(5-7(6)12)15-11(14)16(9)3-2-10(13)17/h4-5H,2-3H2,1H3,(H2,13,17)(H2,14,15). The Morgan fingerprint density at radius 3 is 2.88 bits per heavy atom. The van der Waals surface area contributed by atoms with E-state index in [1.165, 1.54) is 6.07 Å². The molecule has 17 heavy (non-hydrogen) atoms. The molecule has 0 aliphatic heterocycles. The monoisotopic (exact) mass is 236 g/mol. The lowest BCUT2D eigenvalue weighted by atomic mass is 10.2. The molecule has 5 nitrogen and oxygen atoms in total. The van der Waals surface area contributed by atoms with Gasteiger partial charge in [-0.15, -0.1) is 0 Å². The number of nitrogens with two attached hydrogens (primary N) is 2. The molecule has 1 heterocycles. The second kappa shape index (κ2) is 4.04. The molecule has 0 atom stereocenters. The number of hydrogen-bond donors (Lipinski definition) is 2. The molecular formula is C11H13FN4O. The smallest absolute Gasteiger partial charge is 0.219 e. The Bertz CT molecular complexity index is 591. The Kier molecular flexibility index (Phi) is 2.71. The zero-order chi connectivity index (χ0) is 12.6. The fraction of sp³-hybridized carbons (Fsp3) is 0.273. The molecule has 0 saturated heterocycles. The summed E-state index contributed by atoms with van der Waals surface area (Å²) < 4.78 is 15.0. The molecule has 90 valence electrons. The highest BCUT2D eigenvalue weighted by atomic mass is 19.1. The summed E-state index contributed by atoms with van der Waals surface area (Å²) in [6, 6.07) is 3.00. The van der Waals surface area contributed by atoms with Crippen molar-refractivity contribution in [3.05, 3.63) is 23.5 Å². The second-order valence-corrected chi connectivity index (χ2v) is 3.93. The number of nitrogen functional groups attached to an aromatic ring is 1. The van der Waals surface area contributed by atoms with E-state index in [0.717, 1.165) is 0 Å². The van der Waals surface area contributed by atoms with Crippen LogP contribution in [0, 0.1) is 12.7 Å². The van der Waals surface area contributed by atoms with E-state index in [-0.39, 0.29) is 18.2 Å². The highest BCUT2D eigenvalue weighted by molar-refractivity contribution is 5.80. The lowest BCUT2D eigenvalue weighted by Gasteiger charge is -2.05. The van der Waals surface area contributed by atoms with E-state index in [9.17, 15) is 9.18 Å². The van der Waals surface area contributed by atoms with Gasteiger partial charge in [0.15, 0.2) is 0 Å². The first-order valence-corrected chi connectivity index (χ1v) is 5.19. The van der Waals surface area contributed by atoms with Gasteiger partial charge in [-0.05, 0) is 18.6 Å². The van der Waals surface area contributed by atoms with Crippen molar-refractivity contribution in [2.24, 2.45) is 5.73 Å². The molecule has 0 spiro atoms. The molecule has 0 fully saturated rings. The molecule has 2 aromatic rings. The number of rotatable bonds is 3. The number of carbonyl (C=O) groups is 1. The van der Waals surface area contributed by atoms with Crippen LogP contribution in [0.25, 0.3) is 11.0 Å². The third-order valence-corrected chi connectivity index (χ3v) is 2.64. The number of hydrogen-bond acceptors (Lipinski definition) is 3. The van der Waals surface area contributed by atoms with Gasteiger partial charge in [-0.3, -0.25) is 4.79 Å². The summed E-state index contributed by atoms with van der Waals surface area (Å²) >= 11 is 0. The molecule has 4 N–H and O–H groups in total. The van der Waals surface area contributed by atoms with Gasteiger partial charge in [0.05, 0.1) is 11.0 Å². The normalized spacial score (nSPS) is 10.9. The third kappa shape index (κ3) is 2.06. The number of benzene rings is 1. The van der Waals surface area contributed by atoms with E-state index in [4.69, 9.17) is 11.5 Å². The largest absolute Gasteiger partial charge is 0.370 e. The zero-order valence-electron chi connectivity index (χ0n) is 9.40. The molecule has 0 saturated carbocycles. The minimum Gasteiger partial charge on any atom is -0.370 e. The number of nitrogens with zero attached hydrogens (tertiary/aromatic N) is 2. The van der Waals surface area contributed by atoms with Crippen molar-refractivity contribution >= 4 is 22.9 Å². The van der Waals surface area contributed by atoms with E-state index >= 15 is 0 Å². The summed E-state index contributed by atoms with van der Waals surface area (Å²) in [6.45, 7) is 2.01. The predicted molar refractivity (Wildman–Crippen MR) is 62.7 cm³/mol. The minimum absolute atomic E-state index is 0.173. The molecule has 1 aromatic heterocycles. The number of imidazole rings is 1. The molecule has 6 heteroatoms. The lowest BCUT2D eigenvalue weighted by Crippen LogP contribution is -2.14. The Morgan fingerprint density at radius 2 is 2.24 bits per heavy atom. The van der Waals surface area contributed by atoms with Crippen molar-refractivity contribution in [3.63, 3.8) is 0 Å². The van der Waals surface area contributed by atoms with Gasteiger partial charge in [0, 0.05) is 19.0 Å². The van der Waals surface area contributed by atoms with Crippen molar-refractivity contribution in [1.29, 1.82) is 0 Å². The molecule has 0 aliphatic carbocycles. The molecular weight excluding hydrogens is 223 g/mol. The maximum atomic E-state index is 13.3. The number of primary amides is 1. The van der Waals surface area contributed by atoms with Gasteiger partial charge in [0.25, 0.3) is 0 Å². The molecule has 1 aromatic carbocycles. The molecule has 0 unspecified atom stereocenters. The maximum Gasteiger partial charge on any atom is 0.219 e. The average molecular weight is 236 g/mol. The number of amides is 1. The Labute approximate surface area is 97.2 Å². The van der Waals surface area contributed by atoms with Crippen LogP contribution in [0.4, 0.5) is 10.3 Å². The van der Waals surface area contributed by atoms with Crippen LogP contribution in [0.5, 0.6) is 0 Å². The number of halogens is 1. The Hall–Kier alpha value is -2.11. The van der Waals surface area contributed by atoms with Gasteiger partial charge >= 0.3 is 0 Å². The van der Waals surface area contributed by atoms with E-state index in [1.807, 2.05) is 0 Å². The van der Waals surface area contributed by atoms with Crippen molar-refractivity contribution < 1.29 is 9.18 Å². The fourth-order valence-electron chi connectivity index (χ4n) is 1.73. The zero-order valence-corrected chi connectivity index (χ0v) is 9.40. The van der Waals surface area contributed by atoms with Crippen molar-refractivity contribution in [3.8, 4) is 0 Å². The van der Waals surface area contributed by atoms with Gasteiger partial charge in [-0.25, -0.2) is 9.37 Å². The molecule has 2 rings (SSSR count). The van der Waals surface area contributed by atoms with E-state index < -0.39 is 5.91 Å². The van der Waals surface area contributed by atoms with Gasteiger partial charge in [0.1, 0.15) is 5.82 Å². The Balaban J connectivity index is 2.50. The van der Waals surface area contributed by atoms with Crippen LogP contribution in [0.3, 0.4) is 0 Å². The topological polar surface area (TPSA) is 86.9 Å². The van der Waals surface area contributed by atoms with Gasteiger partial charge in [0.2, 0.25) is 11.9 Å². The second-order valence-electron chi connectivity index (χ2n) is 3.93. The predicted octanol–water partition coefficient (Wildman–Crippen LogP) is 0.941. The summed E-state index contributed by atoms with van der Waals surface area (Å²) in [7, 11) is 0. The molecule has 1 amide bonds. The first kappa shape index (κ1) is 11.4. The van der Waals surface area contributed by atoms with Crippen LogP contribution in [0.2, 0.25) is 0 Å². The van der Waals surface area contributed by atoms with E-state index in [1.54, 1.807) is 17.6 Å². The van der Waals surface area contributed by atoms with Crippen molar-refractivity contribution in [1.82, 2.24) is 9.55 Å². The highest BCUT2D eigenvalue weighted by Crippen LogP contribution is 2.21. The van der Waals surface area contributed by atoms with Crippen LogP contribution < -0.4 is 11.5 Å². The van der Waals surface area contributed by atoms with Gasteiger partial charge in [-0.2, -0.15) is 0 Å². The summed E-state index contributed by atoms with van der Waals surface area (Å²) in [6.07, 6.45) is 0.173. The fourth-order valence-corrected chi connectivity index (χ4v) is 1.73. The molecule has 0 radical (unpaired) electrons. The SMILES string of the molecule is Cc1cc2c(cc1F)nc(N)n2CCC(N)=O. The molecule has 0 aliphatic rings. The highest BCUT2D eigenvalue weighted by Gasteiger charge is 2.11. The first-order chi connectivity index (χ1) is 7.99. The number of aryl methyl sites for hydroxylation is 2. The van der Waals surface area contributed by atoms with Gasteiger partial charge in [-0.1, -0.05) is 0 Å². The summed E-state index contributed by atoms with van der Waals surface area (Å²) in [4.78, 5) is 14.8. The summed E-state index contributed by atoms with van der Waals surface area (Å²) in [5.41, 5.74) is 12.5. The Morgan fingerprint density at radius 1 is 1.53 bits per heavy atom. The lowest BCUT2D eigenvalue weighted by molar-refractivity contribution is -0.118. The number of fused-ring (bicyclic) bond motifs is 1. The van der Waals surface area contributed by atoms with Crippen molar-refractivity contribution in [2.45, 2.75) is 19.9 Å². The molecule has 0 bridgehead atoms.